The zero-order valence-electron chi connectivity index (χ0n) is 61.6. The van der Waals surface area contributed by atoms with E-state index >= 15 is 0 Å². The Morgan fingerprint density at radius 2 is 0.490 bits per heavy atom. The highest BCUT2D eigenvalue weighted by molar-refractivity contribution is 7.47. The van der Waals surface area contributed by atoms with Gasteiger partial charge in [-0.25, -0.2) is 9.13 Å². The molecule has 0 heterocycles. The molecular weight excluding hydrogens is 1260 g/mol. The van der Waals surface area contributed by atoms with Crippen molar-refractivity contribution in [3.8, 4) is 0 Å². The number of aliphatic hydroxyl groups is 1. The molecule has 0 bridgehead atoms. The van der Waals surface area contributed by atoms with Crippen LogP contribution in [-0.4, -0.2) is 96.7 Å². The number of esters is 4. The zero-order chi connectivity index (χ0) is 70.4. The van der Waals surface area contributed by atoms with Crippen molar-refractivity contribution in [2.75, 3.05) is 39.6 Å². The maximum Gasteiger partial charge on any atom is 0.472 e. The molecule has 0 aliphatic heterocycles. The van der Waals surface area contributed by atoms with Gasteiger partial charge in [0.1, 0.15) is 19.3 Å². The zero-order valence-corrected chi connectivity index (χ0v) is 63.4. The third kappa shape index (κ3) is 69.7. The topological polar surface area (TPSA) is 237 Å². The molecule has 0 fully saturated rings. The lowest BCUT2D eigenvalue weighted by molar-refractivity contribution is -0.161. The van der Waals surface area contributed by atoms with Gasteiger partial charge in [-0.2, -0.15) is 0 Å². The summed E-state index contributed by atoms with van der Waals surface area (Å²) in [5, 5.41) is 10.6. The summed E-state index contributed by atoms with van der Waals surface area (Å²) in [6.45, 7) is 4.88. The Balaban J connectivity index is 5.29. The van der Waals surface area contributed by atoms with E-state index in [9.17, 15) is 43.2 Å². The van der Waals surface area contributed by atoms with Crippen molar-refractivity contribution in [3.63, 3.8) is 0 Å². The minimum atomic E-state index is -4.96. The van der Waals surface area contributed by atoms with E-state index < -0.39 is 97.5 Å². The number of phosphoric acid groups is 2. The first-order valence-electron chi connectivity index (χ1n) is 39.2. The van der Waals surface area contributed by atoms with Crippen molar-refractivity contribution in [2.45, 2.75) is 393 Å². The van der Waals surface area contributed by atoms with Gasteiger partial charge in [0.25, 0.3) is 0 Å². The molecule has 5 atom stereocenters. The molecule has 0 saturated heterocycles. The molecule has 0 amide bonds. The molecule has 0 rings (SSSR count). The molecule has 3 N–H and O–H groups in total. The lowest BCUT2D eigenvalue weighted by Gasteiger charge is -2.21. The van der Waals surface area contributed by atoms with Crippen LogP contribution in [0.4, 0.5) is 0 Å². The van der Waals surface area contributed by atoms with Gasteiger partial charge in [-0.1, -0.05) is 289 Å². The van der Waals surface area contributed by atoms with Crippen molar-refractivity contribution >= 4 is 39.5 Å². The minimum Gasteiger partial charge on any atom is -0.462 e. The third-order valence-corrected chi connectivity index (χ3v) is 19.0. The molecule has 96 heavy (non-hydrogen) atoms. The van der Waals surface area contributed by atoms with E-state index in [0.717, 1.165) is 141 Å². The van der Waals surface area contributed by atoms with Crippen molar-refractivity contribution in [1.82, 2.24) is 0 Å². The summed E-state index contributed by atoms with van der Waals surface area (Å²) >= 11 is 0. The van der Waals surface area contributed by atoms with Crippen molar-refractivity contribution in [1.29, 1.82) is 0 Å². The summed E-state index contributed by atoms with van der Waals surface area (Å²) in [5.74, 6) is -2.16. The first kappa shape index (κ1) is 93.3. The van der Waals surface area contributed by atoms with Crippen LogP contribution in [0, 0.1) is 0 Å². The average molecular weight is 1400 g/mol. The molecule has 564 valence electrons. The van der Waals surface area contributed by atoms with Gasteiger partial charge in [0.15, 0.2) is 12.2 Å². The van der Waals surface area contributed by atoms with Crippen LogP contribution in [0.1, 0.15) is 374 Å². The summed E-state index contributed by atoms with van der Waals surface area (Å²) in [6, 6.07) is 0. The number of rotatable bonds is 75. The molecule has 0 spiro atoms. The van der Waals surface area contributed by atoms with Crippen LogP contribution in [0.5, 0.6) is 0 Å². The Bertz CT molecular complexity index is 1970. The number of carbonyl (C=O) groups excluding carboxylic acids is 4. The summed E-state index contributed by atoms with van der Waals surface area (Å²) in [7, 11) is -9.93. The highest BCUT2D eigenvalue weighted by atomic mass is 31.2. The van der Waals surface area contributed by atoms with E-state index in [4.69, 9.17) is 37.0 Å². The third-order valence-electron chi connectivity index (χ3n) is 17.1. The van der Waals surface area contributed by atoms with E-state index in [-0.39, 0.29) is 25.7 Å². The predicted molar refractivity (Wildman–Crippen MR) is 391 cm³/mol. The second-order valence-electron chi connectivity index (χ2n) is 26.7. The number of ether oxygens (including phenoxy) is 4. The van der Waals surface area contributed by atoms with Gasteiger partial charge >= 0.3 is 39.5 Å². The van der Waals surface area contributed by atoms with Crippen LogP contribution < -0.4 is 0 Å². The molecule has 0 aromatic carbocycles. The fourth-order valence-electron chi connectivity index (χ4n) is 11.0. The van der Waals surface area contributed by atoms with E-state index in [1.807, 2.05) is 0 Å². The molecule has 0 aromatic heterocycles. The van der Waals surface area contributed by atoms with Crippen LogP contribution in [0.25, 0.3) is 0 Å². The van der Waals surface area contributed by atoms with Gasteiger partial charge in [0.05, 0.1) is 26.4 Å². The Labute approximate surface area is 585 Å². The summed E-state index contributed by atoms with van der Waals surface area (Å²) in [6.07, 6.45) is 65.6. The standard InChI is InChI=1S/C77H144O17P2/c1-5-9-13-17-21-25-29-32-35-38-42-45-49-53-57-61-74(79)87-67-72(93-76(81)63-59-55-51-47-41-28-24-20-16-12-8-4)69-91-95(83,84)89-65-71(78)66-90-96(85,86)92-70-73(94-77(82)64-60-56-52-48-44-40-37-34-31-27-23-19-15-11-7-3)68-88-75(80)62-58-54-50-46-43-39-36-33-30-26-22-18-14-10-6-2/h20,24,32-33,35-36,71-73,78H,5-19,21-23,25-31,34,37-70H2,1-4H3,(H,83,84)(H,85,86)/b24-20-,35-32-,36-33-. The second kappa shape index (κ2) is 70.7. The number of carbonyl (C=O) groups is 4. The highest BCUT2D eigenvalue weighted by Crippen LogP contribution is 2.45. The molecule has 0 aliphatic carbocycles. The predicted octanol–water partition coefficient (Wildman–Crippen LogP) is 22.3. The van der Waals surface area contributed by atoms with Gasteiger partial charge in [-0.05, 0) is 96.3 Å². The van der Waals surface area contributed by atoms with Gasteiger partial charge < -0.3 is 33.8 Å². The van der Waals surface area contributed by atoms with Crippen LogP contribution >= 0.6 is 15.6 Å². The first-order chi connectivity index (χ1) is 46.7. The fourth-order valence-corrected chi connectivity index (χ4v) is 12.6. The number of hydrogen-bond donors (Lipinski definition) is 3. The molecule has 5 unspecified atom stereocenters. The van der Waals surface area contributed by atoms with Crippen molar-refractivity contribution < 1.29 is 80.2 Å². The fraction of sp³-hybridized carbons (Fsp3) is 0.870. The maximum atomic E-state index is 13.1. The number of unbranched alkanes of at least 4 members (excludes halogenated alkanes) is 43. The van der Waals surface area contributed by atoms with E-state index in [1.165, 1.54) is 154 Å². The molecule has 0 radical (unpaired) electrons. The normalized spacial score (nSPS) is 14.1. The van der Waals surface area contributed by atoms with Crippen LogP contribution in [0.15, 0.2) is 36.5 Å². The average Bonchev–Trinajstić information content (AvgIpc) is 1.98. The maximum absolute atomic E-state index is 13.1. The molecule has 19 heteroatoms. The minimum absolute atomic E-state index is 0.0886. The summed E-state index contributed by atoms with van der Waals surface area (Å²) in [5.41, 5.74) is 0. The molecule has 17 nitrogen and oxygen atoms in total. The van der Waals surface area contributed by atoms with E-state index in [0.29, 0.717) is 25.7 Å². The summed E-state index contributed by atoms with van der Waals surface area (Å²) < 4.78 is 68.5. The Morgan fingerprint density at radius 3 is 0.750 bits per heavy atom. The second-order valence-corrected chi connectivity index (χ2v) is 29.6. The van der Waals surface area contributed by atoms with Crippen LogP contribution in [0.2, 0.25) is 0 Å². The highest BCUT2D eigenvalue weighted by Gasteiger charge is 2.30. The largest absolute Gasteiger partial charge is 0.472 e. The lowest BCUT2D eigenvalue weighted by Crippen LogP contribution is -2.30. The van der Waals surface area contributed by atoms with Gasteiger partial charge in [0, 0.05) is 25.7 Å². The van der Waals surface area contributed by atoms with Crippen molar-refractivity contribution in [3.05, 3.63) is 36.5 Å². The molecule has 0 aliphatic rings. The Hall–Kier alpha value is -2.72. The molecule has 0 aromatic rings. The quantitative estimate of drug-likeness (QED) is 0.0169. The Morgan fingerprint density at radius 1 is 0.281 bits per heavy atom. The van der Waals surface area contributed by atoms with Gasteiger partial charge in [-0.15, -0.1) is 0 Å². The Kier molecular flexibility index (Phi) is 68.7. The van der Waals surface area contributed by atoms with E-state index in [1.54, 1.807) is 0 Å². The number of aliphatic hydroxyl groups excluding tert-OH is 1. The van der Waals surface area contributed by atoms with Crippen LogP contribution in [0.3, 0.4) is 0 Å². The number of hydrogen-bond acceptors (Lipinski definition) is 15. The monoisotopic (exact) mass is 1400 g/mol. The number of phosphoric ester groups is 2. The summed E-state index contributed by atoms with van der Waals surface area (Å²) in [4.78, 5) is 72.8. The van der Waals surface area contributed by atoms with Gasteiger partial charge in [-0.3, -0.25) is 37.3 Å². The molecular formula is C77H144O17P2. The SMILES string of the molecule is CCCC/C=C\CCCCCCCC(=O)OC(COC(=O)CCCCCCC/C=C\CCCCCCCC)COP(=O)(O)OCC(O)COP(=O)(O)OCC(COC(=O)CCCCCCC/C=C\CCCCCCCC)OC(=O)CCCCCCCCCCCCCCCCC. The van der Waals surface area contributed by atoms with Crippen LogP contribution in [-0.2, 0) is 65.4 Å². The number of allylic oxidation sites excluding steroid dienone is 6. The molecule has 0 saturated carbocycles. The first-order valence-corrected chi connectivity index (χ1v) is 42.2. The van der Waals surface area contributed by atoms with Gasteiger partial charge in [0.2, 0.25) is 0 Å². The van der Waals surface area contributed by atoms with E-state index in [2.05, 4.69) is 64.2 Å². The smallest absolute Gasteiger partial charge is 0.462 e. The van der Waals surface area contributed by atoms with Crippen molar-refractivity contribution in [2.24, 2.45) is 0 Å². The lowest BCUT2D eigenvalue weighted by atomic mass is 10.0.